The Morgan fingerprint density at radius 1 is 1.42 bits per heavy atom. The van der Waals surface area contributed by atoms with Crippen molar-refractivity contribution in [2.24, 2.45) is 5.73 Å². The van der Waals surface area contributed by atoms with Crippen LogP contribution >= 0.6 is 0 Å². The highest BCUT2D eigenvalue weighted by molar-refractivity contribution is 5.98. The fourth-order valence-electron chi connectivity index (χ4n) is 3.06. The number of fused-ring (bicyclic) bond motifs is 1. The lowest BCUT2D eigenvalue weighted by Crippen LogP contribution is -2.46. The van der Waals surface area contributed by atoms with Crippen LogP contribution in [0, 0.1) is 0 Å². The first-order valence-electron chi connectivity index (χ1n) is 8.70. The maximum atomic E-state index is 12.3. The van der Waals surface area contributed by atoms with Crippen molar-refractivity contribution in [1.82, 2.24) is 4.90 Å². The van der Waals surface area contributed by atoms with Crippen LogP contribution in [0.2, 0.25) is 0 Å². The van der Waals surface area contributed by atoms with E-state index in [9.17, 15) is 14.7 Å². The Morgan fingerprint density at radius 2 is 2.12 bits per heavy atom. The third kappa shape index (κ3) is 3.91. The van der Waals surface area contributed by atoms with Gasteiger partial charge in [0.15, 0.2) is 6.61 Å². The standard InChI is InChI=1S/C18H25N3O5/c1-18(24)5-7-21(8-6-18)16(22)11-25-12-3-4-15-14(9-12)20(2)17(23)13(19)10-26-15/h3-4,9,13,24H,5-8,10-11,19H2,1-2H3/t13-/m0/s1. The van der Waals surface area contributed by atoms with E-state index in [0.717, 1.165) is 0 Å². The smallest absolute Gasteiger partial charge is 0.260 e. The van der Waals surface area contributed by atoms with Crippen LogP contribution in [0.3, 0.4) is 0 Å². The number of anilines is 1. The molecule has 3 N–H and O–H groups in total. The van der Waals surface area contributed by atoms with Crippen molar-refractivity contribution in [2.75, 3.05) is 38.3 Å². The van der Waals surface area contributed by atoms with Crippen LogP contribution < -0.4 is 20.1 Å². The minimum Gasteiger partial charge on any atom is -0.489 e. The summed E-state index contributed by atoms with van der Waals surface area (Å²) < 4.78 is 11.2. The maximum absolute atomic E-state index is 12.3. The Morgan fingerprint density at radius 3 is 2.81 bits per heavy atom. The molecule has 3 rings (SSSR count). The zero-order valence-electron chi connectivity index (χ0n) is 15.1. The maximum Gasteiger partial charge on any atom is 0.260 e. The fourth-order valence-corrected chi connectivity index (χ4v) is 3.06. The molecule has 0 aromatic heterocycles. The average molecular weight is 363 g/mol. The average Bonchev–Trinajstić information content (AvgIpc) is 2.72. The lowest BCUT2D eigenvalue weighted by atomic mass is 9.94. The van der Waals surface area contributed by atoms with E-state index in [1.165, 1.54) is 4.90 Å². The number of piperidine rings is 1. The number of aliphatic hydroxyl groups is 1. The number of benzene rings is 1. The van der Waals surface area contributed by atoms with Gasteiger partial charge in [0.2, 0.25) is 5.91 Å². The van der Waals surface area contributed by atoms with E-state index in [2.05, 4.69) is 0 Å². The molecule has 26 heavy (non-hydrogen) atoms. The molecule has 1 aromatic rings. The van der Waals surface area contributed by atoms with Crippen LogP contribution in [0.4, 0.5) is 5.69 Å². The van der Waals surface area contributed by atoms with Gasteiger partial charge < -0.3 is 30.1 Å². The number of rotatable bonds is 3. The quantitative estimate of drug-likeness (QED) is 0.790. The predicted molar refractivity (Wildman–Crippen MR) is 95.3 cm³/mol. The Kier molecular flexibility index (Phi) is 5.06. The molecule has 1 aromatic carbocycles. The van der Waals surface area contributed by atoms with Crippen molar-refractivity contribution < 1.29 is 24.2 Å². The first kappa shape index (κ1) is 18.5. The third-order valence-electron chi connectivity index (χ3n) is 4.91. The molecule has 142 valence electrons. The molecule has 0 radical (unpaired) electrons. The molecule has 1 atom stereocenters. The highest BCUT2D eigenvalue weighted by Gasteiger charge is 2.30. The topological polar surface area (TPSA) is 105 Å². The van der Waals surface area contributed by atoms with Gasteiger partial charge in [-0.3, -0.25) is 9.59 Å². The molecule has 2 amide bonds. The zero-order chi connectivity index (χ0) is 18.9. The summed E-state index contributed by atoms with van der Waals surface area (Å²) in [5.41, 5.74) is 5.63. The fraction of sp³-hybridized carbons (Fsp3) is 0.556. The normalized spacial score (nSPS) is 22.3. The number of hydrogen-bond donors (Lipinski definition) is 2. The second-order valence-corrected chi connectivity index (χ2v) is 7.11. The number of amides is 2. The Bertz CT molecular complexity index is 696. The summed E-state index contributed by atoms with van der Waals surface area (Å²) >= 11 is 0. The monoisotopic (exact) mass is 363 g/mol. The summed E-state index contributed by atoms with van der Waals surface area (Å²) in [5.74, 6) is 0.654. The van der Waals surface area contributed by atoms with Crippen molar-refractivity contribution in [3.05, 3.63) is 18.2 Å². The summed E-state index contributed by atoms with van der Waals surface area (Å²) in [5, 5.41) is 9.96. The molecule has 0 aliphatic carbocycles. The van der Waals surface area contributed by atoms with Gasteiger partial charge in [0.25, 0.3) is 5.91 Å². The van der Waals surface area contributed by atoms with Gasteiger partial charge in [-0.05, 0) is 31.9 Å². The molecule has 0 bridgehead atoms. The molecule has 8 nitrogen and oxygen atoms in total. The highest BCUT2D eigenvalue weighted by Crippen LogP contribution is 2.34. The minimum atomic E-state index is -0.713. The Balaban J connectivity index is 1.63. The van der Waals surface area contributed by atoms with Crippen LogP contribution in [0.5, 0.6) is 11.5 Å². The molecule has 2 aliphatic rings. The second-order valence-electron chi connectivity index (χ2n) is 7.11. The van der Waals surface area contributed by atoms with E-state index in [0.29, 0.717) is 43.1 Å². The van der Waals surface area contributed by atoms with Crippen LogP contribution in [0.25, 0.3) is 0 Å². The van der Waals surface area contributed by atoms with Gasteiger partial charge in [0, 0.05) is 26.2 Å². The minimum absolute atomic E-state index is 0.0983. The third-order valence-corrected chi connectivity index (χ3v) is 4.91. The largest absolute Gasteiger partial charge is 0.489 e. The van der Waals surface area contributed by atoms with E-state index in [1.54, 1.807) is 37.1 Å². The molecule has 2 aliphatic heterocycles. The van der Waals surface area contributed by atoms with Crippen LogP contribution in [-0.4, -0.2) is 66.8 Å². The molecular formula is C18H25N3O5. The number of carbonyl (C=O) groups excluding carboxylic acids is 2. The van der Waals surface area contributed by atoms with Crippen molar-refractivity contribution in [1.29, 1.82) is 0 Å². The predicted octanol–water partition coefficient (Wildman–Crippen LogP) is 0.121. The molecular weight excluding hydrogens is 338 g/mol. The molecule has 1 saturated heterocycles. The summed E-state index contributed by atoms with van der Waals surface area (Å²) in [7, 11) is 1.63. The summed E-state index contributed by atoms with van der Waals surface area (Å²) in [6.45, 7) is 2.84. The first-order valence-corrected chi connectivity index (χ1v) is 8.70. The molecule has 0 spiro atoms. The number of likely N-dealkylation sites (N-methyl/N-ethyl adjacent to an activating group) is 1. The zero-order valence-corrected chi connectivity index (χ0v) is 15.1. The van der Waals surface area contributed by atoms with Crippen molar-refractivity contribution in [2.45, 2.75) is 31.4 Å². The van der Waals surface area contributed by atoms with E-state index < -0.39 is 11.6 Å². The van der Waals surface area contributed by atoms with E-state index >= 15 is 0 Å². The summed E-state index contributed by atoms with van der Waals surface area (Å²) in [4.78, 5) is 27.6. The second kappa shape index (κ2) is 7.13. The molecule has 1 fully saturated rings. The van der Waals surface area contributed by atoms with Gasteiger partial charge in [-0.25, -0.2) is 0 Å². The number of nitrogens with two attached hydrogens (primary N) is 1. The summed E-state index contributed by atoms with van der Waals surface area (Å²) in [6.07, 6.45) is 1.12. The molecule has 8 heteroatoms. The van der Waals surface area contributed by atoms with E-state index in [1.807, 2.05) is 0 Å². The number of likely N-dealkylation sites (tertiary alicyclic amines) is 1. The van der Waals surface area contributed by atoms with E-state index in [4.69, 9.17) is 15.2 Å². The number of carbonyl (C=O) groups is 2. The van der Waals surface area contributed by atoms with Crippen molar-refractivity contribution >= 4 is 17.5 Å². The number of nitrogens with zero attached hydrogens (tertiary/aromatic N) is 2. The van der Waals surface area contributed by atoms with Crippen molar-refractivity contribution in [3.63, 3.8) is 0 Å². The highest BCUT2D eigenvalue weighted by atomic mass is 16.5. The first-order chi connectivity index (χ1) is 12.3. The van der Waals surface area contributed by atoms with Gasteiger partial charge in [0.05, 0.1) is 11.3 Å². The Labute approximate surface area is 152 Å². The summed E-state index contributed by atoms with van der Waals surface area (Å²) in [6, 6.07) is 4.35. The van der Waals surface area contributed by atoms with Crippen LogP contribution in [0.1, 0.15) is 19.8 Å². The number of hydrogen-bond acceptors (Lipinski definition) is 6. The van der Waals surface area contributed by atoms with Gasteiger partial charge >= 0.3 is 0 Å². The molecule has 0 saturated carbocycles. The van der Waals surface area contributed by atoms with Crippen molar-refractivity contribution in [3.8, 4) is 11.5 Å². The SMILES string of the molecule is CN1C(=O)[C@@H](N)COc2ccc(OCC(=O)N3CCC(C)(O)CC3)cc21. The molecule has 0 unspecified atom stereocenters. The van der Waals surface area contributed by atoms with Gasteiger partial charge in [-0.2, -0.15) is 0 Å². The molecule has 2 heterocycles. The van der Waals surface area contributed by atoms with Gasteiger partial charge in [-0.1, -0.05) is 0 Å². The lowest BCUT2D eigenvalue weighted by molar-refractivity contribution is -0.137. The van der Waals surface area contributed by atoms with Crippen LogP contribution in [0.15, 0.2) is 18.2 Å². The number of ether oxygens (including phenoxy) is 2. The lowest BCUT2D eigenvalue weighted by Gasteiger charge is -2.35. The Hall–Kier alpha value is -2.32. The van der Waals surface area contributed by atoms with Crippen LogP contribution in [-0.2, 0) is 9.59 Å². The van der Waals surface area contributed by atoms with E-state index in [-0.39, 0.29) is 25.0 Å². The van der Waals surface area contributed by atoms with Gasteiger partial charge in [-0.15, -0.1) is 0 Å². The van der Waals surface area contributed by atoms with Gasteiger partial charge in [0.1, 0.15) is 24.1 Å².